The van der Waals surface area contributed by atoms with E-state index in [9.17, 15) is 9.59 Å². The van der Waals surface area contributed by atoms with Gasteiger partial charge in [0.2, 0.25) is 5.88 Å². The molecule has 1 aromatic rings. The second-order valence-electron chi connectivity index (χ2n) is 8.19. The van der Waals surface area contributed by atoms with Crippen LogP contribution in [0.3, 0.4) is 0 Å². The second kappa shape index (κ2) is 11.6. The maximum absolute atomic E-state index is 12.8. The predicted molar refractivity (Wildman–Crippen MR) is 120 cm³/mol. The molecule has 11 heteroatoms. The third-order valence-electron chi connectivity index (χ3n) is 5.90. The van der Waals surface area contributed by atoms with Gasteiger partial charge in [0.05, 0.1) is 37.4 Å². The number of rotatable bonds is 8. The topological polar surface area (TPSA) is 128 Å². The lowest BCUT2D eigenvalue weighted by molar-refractivity contribution is -0.147. The minimum Gasteiger partial charge on any atom is -0.480 e. The summed E-state index contributed by atoms with van der Waals surface area (Å²) in [5.74, 6) is -0.0346. The van der Waals surface area contributed by atoms with Gasteiger partial charge < -0.3 is 30.6 Å². The summed E-state index contributed by atoms with van der Waals surface area (Å²) < 4.78 is 16.2. The molecule has 0 aliphatic carbocycles. The SMILES string of the molecule is COc1nc(N)c(Cl)cc1C(=O)N[C@H]1CCN(CC(=O)OCC2CCCNC2)C[C@H]1OC. The first-order valence-corrected chi connectivity index (χ1v) is 11.2. The number of pyridine rings is 1. The Bertz CT molecular complexity index is 805. The summed E-state index contributed by atoms with van der Waals surface area (Å²) >= 11 is 6.03. The number of ether oxygens (including phenoxy) is 3. The number of hydrogen-bond donors (Lipinski definition) is 3. The van der Waals surface area contributed by atoms with E-state index < -0.39 is 0 Å². The van der Waals surface area contributed by atoms with Crippen LogP contribution < -0.4 is 21.1 Å². The molecule has 1 unspecified atom stereocenters. The number of nitrogens with one attached hydrogen (secondary N) is 2. The van der Waals surface area contributed by atoms with Crippen molar-refractivity contribution in [1.29, 1.82) is 0 Å². The van der Waals surface area contributed by atoms with Crippen LogP contribution in [0.5, 0.6) is 5.88 Å². The van der Waals surface area contributed by atoms with Crippen LogP contribution in [-0.4, -0.2) is 87.5 Å². The molecule has 3 rings (SSSR count). The number of nitrogens with two attached hydrogens (primary N) is 1. The van der Waals surface area contributed by atoms with Gasteiger partial charge in [-0.1, -0.05) is 11.6 Å². The lowest BCUT2D eigenvalue weighted by atomic mass is 10.0. The van der Waals surface area contributed by atoms with Crippen LogP contribution in [0.15, 0.2) is 6.07 Å². The van der Waals surface area contributed by atoms with E-state index in [4.69, 9.17) is 31.5 Å². The average Bonchev–Trinajstić information content (AvgIpc) is 2.80. The van der Waals surface area contributed by atoms with Crippen molar-refractivity contribution >= 4 is 29.3 Å². The number of piperidine rings is 2. The highest BCUT2D eigenvalue weighted by atomic mass is 35.5. The van der Waals surface area contributed by atoms with E-state index in [0.29, 0.717) is 32.0 Å². The molecule has 1 aromatic heterocycles. The highest BCUT2D eigenvalue weighted by molar-refractivity contribution is 6.33. The zero-order valence-corrected chi connectivity index (χ0v) is 19.3. The fourth-order valence-electron chi connectivity index (χ4n) is 4.08. The average molecular weight is 470 g/mol. The van der Waals surface area contributed by atoms with Crippen LogP contribution in [0.4, 0.5) is 5.82 Å². The first-order valence-electron chi connectivity index (χ1n) is 10.8. The standard InChI is InChI=1S/C21H32ClN5O5/c1-30-17-10-27(11-18(28)32-12-13-4-3-6-24-9-13)7-5-16(17)25-20(29)14-8-15(22)19(23)26-21(14)31-2/h8,13,16-17,24H,3-7,9-12H2,1-2H3,(H2,23,26)(H,25,29)/t13?,16-,17+/m0/s1. The molecule has 3 atom stereocenters. The van der Waals surface area contributed by atoms with Gasteiger partial charge >= 0.3 is 5.97 Å². The molecule has 3 heterocycles. The van der Waals surface area contributed by atoms with Crippen molar-refractivity contribution in [3.8, 4) is 5.88 Å². The van der Waals surface area contributed by atoms with Crippen molar-refractivity contribution in [2.75, 3.05) is 59.3 Å². The van der Waals surface area contributed by atoms with Crippen molar-refractivity contribution < 1.29 is 23.8 Å². The first-order chi connectivity index (χ1) is 15.4. The molecule has 2 saturated heterocycles. The molecule has 178 valence electrons. The smallest absolute Gasteiger partial charge is 0.320 e. The van der Waals surface area contributed by atoms with Crippen molar-refractivity contribution in [1.82, 2.24) is 20.5 Å². The monoisotopic (exact) mass is 469 g/mol. The number of amides is 1. The van der Waals surface area contributed by atoms with E-state index in [1.807, 2.05) is 4.90 Å². The lowest BCUT2D eigenvalue weighted by Crippen LogP contribution is -2.55. The van der Waals surface area contributed by atoms with Gasteiger partial charge in [0, 0.05) is 32.7 Å². The molecule has 2 fully saturated rings. The molecule has 0 spiro atoms. The molecule has 2 aliphatic rings. The number of anilines is 1. The number of carbonyl (C=O) groups excluding carboxylic acids is 2. The number of likely N-dealkylation sites (tertiary alicyclic amines) is 1. The van der Waals surface area contributed by atoms with Gasteiger partial charge in [0.1, 0.15) is 11.4 Å². The summed E-state index contributed by atoms with van der Waals surface area (Å²) in [6.07, 6.45) is 2.52. The second-order valence-corrected chi connectivity index (χ2v) is 8.59. The maximum Gasteiger partial charge on any atom is 0.320 e. The largest absolute Gasteiger partial charge is 0.480 e. The van der Waals surface area contributed by atoms with E-state index in [1.165, 1.54) is 13.2 Å². The van der Waals surface area contributed by atoms with Gasteiger partial charge in [-0.2, -0.15) is 4.98 Å². The summed E-state index contributed by atoms with van der Waals surface area (Å²) in [5.41, 5.74) is 5.89. The summed E-state index contributed by atoms with van der Waals surface area (Å²) in [4.78, 5) is 31.1. The van der Waals surface area contributed by atoms with Gasteiger partial charge in [-0.25, -0.2) is 0 Å². The van der Waals surface area contributed by atoms with Crippen molar-refractivity contribution in [3.63, 3.8) is 0 Å². The molecule has 0 radical (unpaired) electrons. The maximum atomic E-state index is 12.8. The van der Waals surface area contributed by atoms with Crippen LogP contribution in [0, 0.1) is 5.92 Å². The highest BCUT2D eigenvalue weighted by Crippen LogP contribution is 2.25. The lowest BCUT2D eigenvalue weighted by Gasteiger charge is -2.37. The fraction of sp³-hybridized carbons (Fsp3) is 0.667. The molecular formula is C21H32ClN5O5. The number of esters is 1. The third kappa shape index (κ3) is 6.44. The number of nitrogen functional groups attached to an aromatic ring is 1. The van der Waals surface area contributed by atoms with E-state index in [1.54, 1.807) is 7.11 Å². The quantitative estimate of drug-likeness (QED) is 0.471. The Labute approximate surface area is 193 Å². The Morgan fingerprint density at radius 3 is 2.88 bits per heavy atom. The van der Waals surface area contributed by atoms with Crippen LogP contribution in [0.25, 0.3) is 0 Å². The molecule has 10 nitrogen and oxygen atoms in total. The molecule has 2 aliphatic heterocycles. The molecule has 1 amide bonds. The number of methoxy groups -OCH3 is 2. The van der Waals surface area contributed by atoms with Crippen LogP contribution in [-0.2, 0) is 14.3 Å². The summed E-state index contributed by atoms with van der Waals surface area (Å²) in [7, 11) is 3.00. The van der Waals surface area contributed by atoms with Crippen molar-refractivity contribution in [3.05, 3.63) is 16.7 Å². The third-order valence-corrected chi connectivity index (χ3v) is 6.20. The molecule has 32 heavy (non-hydrogen) atoms. The van der Waals surface area contributed by atoms with E-state index in [-0.39, 0.29) is 52.9 Å². The zero-order chi connectivity index (χ0) is 23.1. The Morgan fingerprint density at radius 2 is 2.19 bits per heavy atom. The molecular weight excluding hydrogens is 438 g/mol. The van der Waals surface area contributed by atoms with Gasteiger partial charge in [0.25, 0.3) is 5.91 Å². The van der Waals surface area contributed by atoms with Gasteiger partial charge in [0.15, 0.2) is 0 Å². The minimum absolute atomic E-state index is 0.0924. The van der Waals surface area contributed by atoms with Crippen LogP contribution in [0.2, 0.25) is 5.02 Å². The van der Waals surface area contributed by atoms with Gasteiger partial charge in [-0.05, 0) is 31.9 Å². The predicted octanol–water partition coefficient (Wildman–Crippen LogP) is 0.688. The van der Waals surface area contributed by atoms with Crippen molar-refractivity contribution in [2.24, 2.45) is 5.92 Å². The van der Waals surface area contributed by atoms with E-state index >= 15 is 0 Å². The number of carbonyl (C=O) groups is 2. The van der Waals surface area contributed by atoms with E-state index in [0.717, 1.165) is 25.9 Å². The summed E-state index contributed by atoms with van der Waals surface area (Å²) in [6.45, 7) is 3.70. The molecule has 4 N–H and O–H groups in total. The Kier molecular flexibility index (Phi) is 8.92. The number of hydrogen-bond acceptors (Lipinski definition) is 9. The normalized spacial score (nSPS) is 24.0. The Morgan fingerprint density at radius 1 is 1.38 bits per heavy atom. The minimum atomic E-state index is -0.378. The number of aromatic nitrogens is 1. The Hall–Kier alpha value is -2.14. The molecule has 0 aromatic carbocycles. The fourth-order valence-corrected chi connectivity index (χ4v) is 4.23. The number of nitrogens with zero attached hydrogens (tertiary/aromatic N) is 2. The highest BCUT2D eigenvalue weighted by Gasteiger charge is 2.32. The zero-order valence-electron chi connectivity index (χ0n) is 18.6. The van der Waals surface area contributed by atoms with Crippen molar-refractivity contribution in [2.45, 2.75) is 31.4 Å². The molecule has 0 bridgehead atoms. The first kappa shape index (κ1) is 24.5. The summed E-state index contributed by atoms with van der Waals surface area (Å²) in [5, 5.41) is 6.46. The van der Waals surface area contributed by atoms with Crippen LogP contribution >= 0.6 is 11.6 Å². The Balaban J connectivity index is 1.51. The van der Waals surface area contributed by atoms with Crippen LogP contribution in [0.1, 0.15) is 29.6 Å². The van der Waals surface area contributed by atoms with Gasteiger partial charge in [-0.3, -0.25) is 14.5 Å². The van der Waals surface area contributed by atoms with Gasteiger partial charge in [-0.15, -0.1) is 0 Å². The number of halogens is 1. The summed E-state index contributed by atoms with van der Waals surface area (Å²) in [6, 6.07) is 1.20. The van der Waals surface area contributed by atoms with E-state index in [2.05, 4.69) is 15.6 Å². The molecule has 0 saturated carbocycles.